The first-order valence-corrected chi connectivity index (χ1v) is 9.81. The average Bonchev–Trinajstić information content (AvgIpc) is 2.69. The average molecular weight is 367 g/mol. The van der Waals surface area contributed by atoms with Crippen LogP contribution in [0.15, 0.2) is 88.7 Å². The Morgan fingerprint density at radius 3 is 2.15 bits per heavy atom. The van der Waals surface area contributed by atoms with Crippen LogP contribution in [0, 0.1) is 0 Å². The molecule has 0 unspecified atom stereocenters. The summed E-state index contributed by atoms with van der Waals surface area (Å²) < 4.78 is 31.1. The van der Waals surface area contributed by atoms with E-state index in [-0.39, 0.29) is 4.90 Å². The Hall–Kier alpha value is -2.63. The molecule has 26 heavy (non-hydrogen) atoms. The number of nitrogens with one attached hydrogen (secondary N) is 1. The maximum atomic E-state index is 13.0. The van der Waals surface area contributed by atoms with E-state index in [0.717, 1.165) is 11.1 Å². The summed E-state index contributed by atoms with van der Waals surface area (Å²) in [5.74, 6) is 0.627. The number of methoxy groups -OCH3 is 1. The second kappa shape index (κ2) is 8.17. The number of sulfone groups is 1. The molecular formula is C21H21NO3S. The number of hydrogen-bond acceptors (Lipinski definition) is 4. The molecule has 0 fully saturated rings. The normalized spacial score (nSPS) is 11.3. The van der Waals surface area contributed by atoms with Crippen LogP contribution >= 0.6 is 0 Å². The minimum Gasteiger partial charge on any atom is -0.497 e. The van der Waals surface area contributed by atoms with Crippen molar-refractivity contribution in [2.75, 3.05) is 7.11 Å². The van der Waals surface area contributed by atoms with Gasteiger partial charge >= 0.3 is 0 Å². The van der Waals surface area contributed by atoms with Crippen LogP contribution in [-0.2, 0) is 22.9 Å². The highest BCUT2D eigenvalue weighted by molar-refractivity contribution is 7.91. The van der Waals surface area contributed by atoms with Gasteiger partial charge in [0.25, 0.3) is 0 Å². The van der Waals surface area contributed by atoms with Crippen LogP contribution in [0.4, 0.5) is 0 Å². The highest BCUT2D eigenvalue weighted by Crippen LogP contribution is 2.25. The van der Waals surface area contributed by atoms with Crippen molar-refractivity contribution in [3.05, 3.63) is 90.0 Å². The highest BCUT2D eigenvalue weighted by Gasteiger charge is 2.20. The maximum absolute atomic E-state index is 13.0. The van der Waals surface area contributed by atoms with Gasteiger partial charge in [0.1, 0.15) is 5.75 Å². The summed E-state index contributed by atoms with van der Waals surface area (Å²) >= 11 is 0. The van der Waals surface area contributed by atoms with Gasteiger partial charge < -0.3 is 10.1 Å². The lowest BCUT2D eigenvalue weighted by Crippen LogP contribution is -2.15. The van der Waals surface area contributed by atoms with E-state index in [1.54, 1.807) is 43.5 Å². The summed E-state index contributed by atoms with van der Waals surface area (Å²) in [6.45, 7) is 1.15. The third kappa shape index (κ3) is 4.12. The Morgan fingerprint density at radius 2 is 1.46 bits per heavy atom. The second-order valence-corrected chi connectivity index (χ2v) is 7.79. The van der Waals surface area contributed by atoms with Crippen LogP contribution in [0.3, 0.4) is 0 Å². The standard InChI is InChI=1S/C21H21NO3S/c1-25-19-11-13-20(14-12-19)26(23,24)21-10-6-5-9-18(21)16-22-15-17-7-3-2-4-8-17/h2-14,22H,15-16H2,1H3. The minimum absolute atomic E-state index is 0.258. The second-order valence-electron chi connectivity index (χ2n) is 5.88. The van der Waals surface area contributed by atoms with E-state index in [9.17, 15) is 8.42 Å². The van der Waals surface area contributed by atoms with Crippen molar-refractivity contribution in [3.8, 4) is 5.75 Å². The lowest BCUT2D eigenvalue weighted by molar-refractivity contribution is 0.414. The number of hydrogen-bond donors (Lipinski definition) is 1. The van der Waals surface area contributed by atoms with Gasteiger partial charge in [-0.3, -0.25) is 0 Å². The third-order valence-electron chi connectivity index (χ3n) is 4.12. The molecule has 1 N–H and O–H groups in total. The molecule has 0 aromatic heterocycles. The molecule has 0 spiro atoms. The fraction of sp³-hybridized carbons (Fsp3) is 0.143. The summed E-state index contributed by atoms with van der Waals surface area (Å²) in [5, 5.41) is 3.32. The molecule has 0 heterocycles. The zero-order valence-corrected chi connectivity index (χ0v) is 15.4. The highest BCUT2D eigenvalue weighted by atomic mass is 32.2. The van der Waals surface area contributed by atoms with Gasteiger partial charge in [-0.25, -0.2) is 8.42 Å². The van der Waals surface area contributed by atoms with E-state index in [0.29, 0.717) is 23.7 Å². The Kier molecular flexibility index (Phi) is 5.71. The molecule has 5 heteroatoms. The smallest absolute Gasteiger partial charge is 0.206 e. The first-order chi connectivity index (χ1) is 12.6. The molecule has 0 aliphatic carbocycles. The van der Waals surface area contributed by atoms with Gasteiger partial charge in [-0.2, -0.15) is 0 Å². The van der Waals surface area contributed by atoms with E-state index < -0.39 is 9.84 Å². The molecule has 0 saturated carbocycles. The SMILES string of the molecule is COc1ccc(S(=O)(=O)c2ccccc2CNCc2ccccc2)cc1. The first-order valence-electron chi connectivity index (χ1n) is 8.33. The van der Waals surface area contributed by atoms with Crippen LogP contribution in [-0.4, -0.2) is 15.5 Å². The van der Waals surface area contributed by atoms with E-state index in [2.05, 4.69) is 5.32 Å². The number of rotatable bonds is 7. The molecule has 3 aromatic carbocycles. The number of benzene rings is 3. The summed E-state index contributed by atoms with van der Waals surface area (Å²) in [6.07, 6.45) is 0. The molecule has 0 radical (unpaired) electrons. The molecule has 3 aromatic rings. The van der Waals surface area contributed by atoms with Gasteiger partial charge in [0.05, 0.1) is 16.9 Å². The van der Waals surface area contributed by atoms with Crippen LogP contribution < -0.4 is 10.1 Å². The van der Waals surface area contributed by atoms with Gasteiger partial charge in [-0.05, 0) is 41.5 Å². The molecular weight excluding hydrogens is 346 g/mol. The van der Waals surface area contributed by atoms with Crippen molar-refractivity contribution < 1.29 is 13.2 Å². The first kappa shape index (κ1) is 18.2. The van der Waals surface area contributed by atoms with Gasteiger partial charge in [-0.15, -0.1) is 0 Å². The van der Waals surface area contributed by atoms with E-state index in [4.69, 9.17) is 4.74 Å². The van der Waals surface area contributed by atoms with Crippen LogP contribution in [0.2, 0.25) is 0 Å². The minimum atomic E-state index is -3.59. The maximum Gasteiger partial charge on any atom is 0.206 e. The number of ether oxygens (including phenoxy) is 1. The fourth-order valence-corrected chi connectivity index (χ4v) is 4.22. The molecule has 134 valence electrons. The van der Waals surface area contributed by atoms with Crippen molar-refractivity contribution in [2.24, 2.45) is 0 Å². The summed E-state index contributed by atoms with van der Waals surface area (Å²) in [4.78, 5) is 0.583. The van der Waals surface area contributed by atoms with E-state index in [1.165, 1.54) is 0 Å². The molecule has 0 saturated heterocycles. The third-order valence-corrected chi connectivity index (χ3v) is 5.99. The molecule has 0 bridgehead atoms. The zero-order valence-electron chi connectivity index (χ0n) is 14.6. The van der Waals surface area contributed by atoms with Crippen LogP contribution in [0.1, 0.15) is 11.1 Å². The summed E-state index contributed by atoms with van der Waals surface area (Å²) in [6, 6.07) is 23.6. The predicted octanol–water partition coefficient (Wildman–Crippen LogP) is 3.82. The molecule has 0 aliphatic heterocycles. The molecule has 3 rings (SSSR count). The summed E-state index contributed by atoms with van der Waals surface area (Å²) in [7, 11) is -2.03. The Balaban J connectivity index is 1.81. The molecule has 0 amide bonds. The zero-order chi connectivity index (χ0) is 18.4. The molecule has 0 aliphatic rings. The van der Waals surface area contributed by atoms with Gasteiger partial charge in [0.15, 0.2) is 0 Å². The Morgan fingerprint density at radius 1 is 0.808 bits per heavy atom. The fourth-order valence-electron chi connectivity index (χ4n) is 2.73. The molecule has 0 atom stereocenters. The van der Waals surface area contributed by atoms with Crippen molar-refractivity contribution in [2.45, 2.75) is 22.9 Å². The van der Waals surface area contributed by atoms with Crippen LogP contribution in [0.25, 0.3) is 0 Å². The van der Waals surface area contributed by atoms with E-state index in [1.807, 2.05) is 42.5 Å². The van der Waals surface area contributed by atoms with Gasteiger partial charge in [0.2, 0.25) is 9.84 Å². The van der Waals surface area contributed by atoms with Crippen molar-refractivity contribution in [1.82, 2.24) is 5.32 Å². The van der Waals surface area contributed by atoms with Gasteiger partial charge in [-0.1, -0.05) is 48.5 Å². The predicted molar refractivity (Wildman–Crippen MR) is 102 cm³/mol. The van der Waals surface area contributed by atoms with Crippen molar-refractivity contribution >= 4 is 9.84 Å². The quantitative estimate of drug-likeness (QED) is 0.690. The summed E-state index contributed by atoms with van der Waals surface area (Å²) in [5.41, 5.74) is 1.90. The topological polar surface area (TPSA) is 55.4 Å². The van der Waals surface area contributed by atoms with Crippen molar-refractivity contribution in [3.63, 3.8) is 0 Å². The largest absolute Gasteiger partial charge is 0.497 e. The van der Waals surface area contributed by atoms with Crippen LogP contribution in [0.5, 0.6) is 5.75 Å². The van der Waals surface area contributed by atoms with E-state index >= 15 is 0 Å². The monoisotopic (exact) mass is 367 g/mol. The Bertz CT molecular complexity index is 952. The van der Waals surface area contributed by atoms with Crippen molar-refractivity contribution in [1.29, 1.82) is 0 Å². The lowest BCUT2D eigenvalue weighted by atomic mass is 10.2. The van der Waals surface area contributed by atoms with Gasteiger partial charge in [0, 0.05) is 13.1 Å². The lowest BCUT2D eigenvalue weighted by Gasteiger charge is -2.12. The Labute approximate surface area is 154 Å². The molecule has 4 nitrogen and oxygen atoms in total.